The molecule has 5 rings (SSSR count). The molecular formula is C24H19N5O. The van der Waals surface area contributed by atoms with Crippen LogP contribution >= 0.6 is 0 Å². The van der Waals surface area contributed by atoms with Crippen molar-refractivity contribution < 1.29 is 4.79 Å². The van der Waals surface area contributed by atoms with Crippen LogP contribution in [0, 0.1) is 0 Å². The van der Waals surface area contributed by atoms with Gasteiger partial charge in [0.2, 0.25) is 5.95 Å². The van der Waals surface area contributed by atoms with E-state index in [9.17, 15) is 4.79 Å². The zero-order valence-corrected chi connectivity index (χ0v) is 16.4. The van der Waals surface area contributed by atoms with Crippen molar-refractivity contribution in [3.8, 4) is 16.9 Å². The van der Waals surface area contributed by atoms with Crippen molar-refractivity contribution in [2.45, 2.75) is 0 Å². The van der Waals surface area contributed by atoms with Crippen molar-refractivity contribution in [2.75, 3.05) is 5.32 Å². The van der Waals surface area contributed by atoms with E-state index < -0.39 is 0 Å². The number of para-hydroxylation sites is 3. The number of fused-ring (bicyclic) bond motifs is 1. The van der Waals surface area contributed by atoms with Crippen LogP contribution in [0.25, 0.3) is 28.0 Å². The summed E-state index contributed by atoms with van der Waals surface area (Å²) >= 11 is 0. The summed E-state index contributed by atoms with van der Waals surface area (Å²) < 4.78 is 3.60. The molecule has 2 aromatic heterocycles. The lowest BCUT2D eigenvalue weighted by atomic mass is 10.1. The molecule has 0 fully saturated rings. The molecular weight excluding hydrogens is 374 g/mol. The summed E-state index contributed by atoms with van der Waals surface area (Å²) in [6.07, 6.45) is 1.76. The summed E-state index contributed by atoms with van der Waals surface area (Å²) in [5, 5.41) is 7.66. The van der Waals surface area contributed by atoms with Gasteiger partial charge in [-0.05, 0) is 24.3 Å². The van der Waals surface area contributed by atoms with Gasteiger partial charge in [0, 0.05) is 18.8 Å². The average molecular weight is 393 g/mol. The molecule has 6 heteroatoms. The number of aryl methyl sites for hydroxylation is 1. The van der Waals surface area contributed by atoms with E-state index in [-0.39, 0.29) is 5.91 Å². The summed E-state index contributed by atoms with van der Waals surface area (Å²) in [5.74, 6) is 0.238. The first-order chi connectivity index (χ1) is 14.7. The minimum Gasteiger partial charge on any atom is -0.313 e. The van der Waals surface area contributed by atoms with Gasteiger partial charge in [-0.1, -0.05) is 60.7 Å². The predicted octanol–water partition coefficient (Wildman–Crippen LogP) is 4.68. The first kappa shape index (κ1) is 17.9. The van der Waals surface area contributed by atoms with Crippen LogP contribution in [0.2, 0.25) is 0 Å². The number of nitrogens with zero attached hydrogens (tertiary/aromatic N) is 4. The SMILES string of the molecule is Cn1c(NC(=O)c2cn(-c3ccccc3)nc2-c2ccccc2)nc2ccccc21. The highest BCUT2D eigenvalue weighted by Crippen LogP contribution is 2.25. The van der Waals surface area contributed by atoms with Gasteiger partial charge < -0.3 is 4.57 Å². The molecule has 0 aliphatic heterocycles. The Kier molecular flexibility index (Phi) is 4.37. The quantitative estimate of drug-likeness (QED) is 0.482. The minimum atomic E-state index is -0.255. The maximum absolute atomic E-state index is 13.3. The number of aromatic nitrogens is 4. The highest BCUT2D eigenvalue weighted by Gasteiger charge is 2.20. The van der Waals surface area contributed by atoms with E-state index in [1.807, 2.05) is 96.5 Å². The van der Waals surface area contributed by atoms with E-state index in [1.165, 1.54) is 0 Å². The molecule has 30 heavy (non-hydrogen) atoms. The van der Waals surface area contributed by atoms with Gasteiger partial charge in [0.05, 0.1) is 22.3 Å². The van der Waals surface area contributed by atoms with Gasteiger partial charge in [-0.15, -0.1) is 0 Å². The number of rotatable bonds is 4. The third-order valence-corrected chi connectivity index (χ3v) is 5.04. The maximum atomic E-state index is 13.3. The molecule has 0 spiro atoms. The number of amides is 1. The number of carbonyl (C=O) groups is 1. The third kappa shape index (κ3) is 3.14. The first-order valence-electron chi connectivity index (χ1n) is 9.64. The van der Waals surface area contributed by atoms with Crippen molar-refractivity contribution in [1.29, 1.82) is 0 Å². The molecule has 5 aromatic rings. The molecule has 0 unspecified atom stereocenters. The molecule has 3 aromatic carbocycles. The fraction of sp³-hybridized carbons (Fsp3) is 0.0417. The number of carbonyl (C=O) groups excluding carboxylic acids is 1. The molecule has 6 nitrogen and oxygen atoms in total. The van der Waals surface area contributed by atoms with E-state index in [0.29, 0.717) is 17.2 Å². The molecule has 146 valence electrons. The molecule has 0 saturated carbocycles. The first-order valence-corrected chi connectivity index (χ1v) is 9.64. The Morgan fingerprint density at radius 3 is 2.27 bits per heavy atom. The van der Waals surface area contributed by atoms with Crippen LogP contribution in [0.5, 0.6) is 0 Å². The van der Waals surface area contributed by atoms with Crippen molar-refractivity contribution in [1.82, 2.24) is 19.3 Å². The summed E-state index contributed by atoms with van der Waals surface area (Å²) in [6.45, 7) is 0. The largest absolute Gasteiger partial charge is 0.313 e. The summed E-state index contributed by atoms with van der Waals surface area (Å²) in [4.78, 5) is 17.8. The number of anilines is 1. The van der Waals surface area contributed by atoms with E-state index in [1.54, 1.807) is 10.9 Å². The highest BCUT2D eigenvalue weighted by molar-refractivity contribution is 6.08. The number of imidazole rings is 1. The Hall–Kier alpha value is -4.19. The topological polar surface area (TPSA) is 64.7 Å². The second-order valence-corrected chi connectivity index (χ2v) is 6.97. The maximum Gasteiger partial charge on any atom is 0.261 e. The smallest absolute Gasteiger partial charge is 0.261 e. The molecule has 0 bridgehead atoms. The number of hydrogen-bond acceptors (Lipinski definition) is 3. The van der Waals surface area contributed by atoms with Crippen LogP contribution in [-0.2, 0) is 7.05 Å². The van der Waals surface area contributed by atoms with Gasteiger partial charge in [-0.3, -0.25) is 10.1 Å². The molecule has 0 saturated heterocycles. The van der Waals surface area contributed by atoms with E-state index in [0.717, 1.165) is 22.3 Å². The second-order valence-electron chi connectivity index (χ2n) is 6.97. The van der Waals surface area contributed by atoms with Crippen LogP contribution in [0.4, 0.5) is 5.95 Å². The van der Waals surface area contributed by atoms with Gasteiger partial charge in [0.25, 0.3) is 5.91 Å². The molecule has 1 N–H and O–H groups in total. The summed E-state index contributed by atoms with van der Waals surface area (Å²) in [6, 6.07) is 27.2. The summed E-state index contributed by atoms with van der Waals surface area (Å²) in [5.41, 5.74) is 4.65. The van der Waals surface area contributed by atoms with Gasteiger partial charge in [-0.2, -0.15) is 5.10 Å². The van der Waals surface area contributed by atoms with Crippen molar-refractivity contribution in [2.24, 2.45) is 7.05 Å². The standard InChI is InChI=1S/C24H19N5O/c1-28-21-15-9-8-14-20(21)25-24(28)26-23(30)19-16-29(18-12-6-3-7-13-18)27-22(19)17-10-4-2-5-11-17/h2-16H,1H3,(H,25,26,30). The molecule has 0 aliphatic carbocycles. The fourth-order valence-corrected chi connectivity index (χ4v) is 3.49. The molecule has 1 amide bonds. The van der Waals surface area contributed by atoms with Gasteiger partial charge in [0.1, 0.15) is 5.69 Å². The average Bonchev–Trinajstić information content (AvgIpc) is 3.38. The number of benzene rings is 3. The van der Waals surface area contributed by atoms with Gasteiger partial charge >= 0.3 is 0 Å². The summed E-state index contributed by atoms with van der Waals surface area (Å²) in [7, 11) is 1.89. The lowest BCUT2D eigenvalue weighted by Gasteiger charge is -2.05. The van der Waals surface area contributed by atoms with Crippen LogP contribution in [-0.4, -0.2) is 25.2 Å². The lowest BCUT2D eigenvalue weighted by molar-refractivity contribution is 0.102. The van der Waals surface area contributed by atoms with E-state index in [2.05, 4.69) is 10.3 Å². The normalized spacial score (nSPS) is 11.0. The van der Waals surface area contributed by atoms with Crippen LogP contribution in [0.1, 0.15) is 10.4 Å². The molecule has 0 atom stereocenters. The highest BCUT2D eigenvalue weighted by atomic mass is 16.1. The van der Waals surface area contributed by atoms with E-state index >= 15 is 0 Å². The second kappa shape index (κ2) is 7.33. The van der Waals surface area contributed by atoms with Gasteiger partial charge in [0.15, 0.2) is 0 Å². The van der Waals surface area contributed by atoms with Crippen molar-refractivity contribution in [3.63, 3.8) is 0 Å². The van der Waals surface area contributed by atoms with Crippen LogP contribution in [0.3, 0.4) is 0 Å². The molecule has 0 aliphatic rings. The fourth-order valence-electron chi connectivity index (χ4n) is 3.49. The Morgan fingerprint density at radius 2 is 1.53 bits per heavy atom. The Labute approximate surface area is 173 Å². The Bertz CT molecular complexity index is 1340. The van der Waals surface area contributed by atoms with Crippen molar-refractivity contribution in [3.05, 3.63) is 96.7 Å². The number of nitrogens with one attached hydrogen (secondary N) is 1. The lowest BCUT2D eigenvalue weighted by Crippen LogP contribution is -2.15. The Balaban J connectivity index is 1.57. The van der Waals surface area contributed by atoms with E-state index in [4.69, 9.17) is 5.10 Å². The van der Waals surface area contributed by atoms with Crippen molar-refractivity contribution >= 4 is 22.9 Å². The molecule has 0 radical (unpaired) electrons. The predicted molar refractivity (Wildman–Crippen MR) is 118 cm³/mol. The van der Waals surface area contributed by atoms with Crippen LogP contribution < -0.4 is 5.32 Å². The Morgan fingerprint density at radius 1 is 0.867 bits per heavy atom. The monoisotopic (exact) mass is 393 g/mol. The third-order valence-electron chi connectivity index (χ3n) is 5.04. The number of hydrogen-bond donors (Lipinski definition) is 1. The van der Waals surface area contributed by atoms with Gasteiger partial charge in [-0.25, -0.2) is 9.67 Å². The molecule has 2 heterocycles. The van der Waals surface area contributed by atoms with Crippen LogP contribution in [0.15, 0.2) is 91.1 Å². The zero-order chi connectivity index (χ0) is 20.5. The minimum absolute atomic E-state index is 0.255. The zero-order valence-electron chi connectivity index (χ0n) is 16.4.